The Morgan fingerprint density at radius 1 is 0.895 bits per heavy atom. The molecular formula is C33H35FN4. The van der Waals surface area contributed by atoms with Crippen LogP contribution in [0.15, 0.2) is 79.0 Å². The van der Waals surface area contributed by atoms with Crippen molar-refractivity contribution in [3.8, 4) is 11.3 Å². The summed E-state index contributed by atoms with van der Waals surface area (Å²) in [6.45, 7) is 1.10. The second kappa shape index (κ2) is 11.0. The van der Waals surface area contributed by atoms with E-state index < -0.39 is 0 Å². The molecule has 6 rings (SSSR count). The van der Waals surface area contributed by atoms with E-state index in [1.807, 2.05) is 30.5 Å². The van der Waals surface area contributed by atoms with E-state index in [4.69, 9.17) is 4.98 Å². The van der Waals surface area contributed by atoms with Gasteiger partial charge in [-0.05, 0) is 73.2 Å². The summed E-state index contributed by atoms with van der Waals surface area (Å²) in [6.07, 6.45) is 10.5. The molecule has 0 bridgehead atoms. The van der Waals surface area contributed by atoms with Gasteiger partial charge in [-0.25, -0.2) is 14.4 Å². The summed E-state index contributed by atoms with van der Waals surface area (Å²) >= 11 is 0. The maximum Gasteiger partial charge on any atom is 0.227 e. The molecule has 4 aromatic rings. The van der Waals surface area contributed by atoms with Crippen molar-refractivity contribution in [2.75, 3.05) is 18.9 Å². The van der Waals surface area contributed by atoms with Crippen LogP contribution in [-0.4, -0.2) is 34.5 Å². The molecule has 3 aromatic carbocycles. The van der Waals surface area contributed by atoms with E-state index in [9.17, 15) is 4.39 Å². The van der Waals surface area contributed by atoms with Crippen molar-refractivity contribution < 1.29 is 4.39 Å². The van der Waals surface area contributed by atoms with Gasteiger partial charge in [0.25, 0.3) is 0 Å². The Morgan fingerprint density at radius 2 is 1.63 bits per heavy atom. The Balaban J connectivity index is 1.16. The average molecular weight is 507 g/mol. The lowest BCUT2D eigenvalue weighted by molar-refractivity contribution is 0.194. The van der Waals surface area contributed by atoms with Gasteiger partial charge in [-0.15, -0.1) is 0 Å². The molecule has 1 aromatic heterocycles. The summed E-state index contributed by atoms with van der Waals surface area (Å²) in [5.74, 6) is 0.360. The van der Waals surface area contributed by atoms with Crippen LogP contribution >= 0.6 is 0 Å². The van der Waals surface area contributed by atoms with Crippen molar-refractivity contribution in [1.82, 2.24) is 14.9 Å². The Kier molecular flexibility index (Phi) is 7.19. The normalized spacial score (nSPS) is 17.2. The monoisotopic (exact) mass is 506 g/mol. The Morgan fingerprint density at radius 3 is 2.42 bits per heavy atom. The number of hydrogen-bond donors (Lipinski definition) is 1. The van der Waals surface area contributed by atoms with E-state index in [2.05, 4.69) is 58.6 Å². The third kappa shape index (κ3) is 5.21. The summed E-state index contributed by atoms with van der Waals surface area (Å²) in [5.41, 5.74) is 7.16. The number of hydrogen-bond acceptors (Lipinski definition) is 4. The fourth-order valence-electron chi connectivity index (χ4n) is 6.12. The first-order valence-corrected chi connectivity index (χ1v) is 13.9. The van der Waals surface area contributed by atoms with Crippen molar-refractivity contribution >= 4 is 11.6 Å². The molecule has 1 fully saturated rings. The van der Waals surface area contributed by atoms with Crippen LogP contribution in [0.2, 0.25) is 0 Å². The molecule has 1 saturated carbocycles. The minimum atomic E-state index is -0.168. The van der Waals surface area contributed by atoms with Gasteiger partial charge >= 0.3 is 0 Å². The first-order valence-electron chi connectivity index (χ1n) is 13.9. The van der Waals surface area contributed by atoms with Crippen LogP contribution < -0.4 is 5.32 Å². The third-order valence-electron chi connectivity index (χ3n) is 8.32. The highest BCUT2D eigenvalue weighted by Crippen LogP contribution is 2.42. The Bertz CT molecular complexity index is 1390. The van der Waals surface area contributed by atoms with E-state index >= 15 is 0 Å². The van der Waals surface area contributed by atoms with Crippen LogP contribution in [0.1, 0.15) is 60.3 Å². The highest BCUT2D eigenvalue weighted by molar-refractivity contribution is 5.73. The highest BCUT2D eigenvalue weighted by Gasteiger charge is 2.29. The van der Waals surface area contributed by atoms with E-state index in [1.165, 1.54) is 43.7 Å². The zero-order valence-electron chi connectivity index (χ0n) is 22.0. The van der Waals surface area contributed by atoms with Crippen LogP contribution in [0.25, 0.3) is 11.3 Å². The Labute approximate surface area is 225 Å². The zero-order valence-corrected chi connectivity index (χ0v) is 22.0. The Hall–Kier alpha value is -3.57. The van der Waals surface area contributed by atoms with Crippen molar-refractivity contribution in [1.29, 1.82) is 0 Å². The van der Waals surface area contributed by atoms with E-state index in [0.717, 1.165) is 52.6 Å². The largest absolute Gasteiger partial charge is 0.324 e. The molecule has 2 aliphatic carbocycles. The number of halogens is 1. The standard InChI is InChI=1S/C33H35FN4/c1-38(26-9-3-2-4-10-26)20-19-23-15-17-25(18-16-23)36-33-35-22-24-21-30(28-12-7-8-14-31(28)34)27-11-5-6-13-29(27)32(24)37-33/h5-8,11-18,22,26,30H,2-4,9-10,19-21H2,1H3,(H,35,36,37)/t30-/m1/s1. The summed E-state index contributed by atoms with van der Waals surface area (Å²) in [6, 6.07) is 24.6. The van der Waals surface area contributed by atoms with E-state index in [-0.39, 0.29) is 11.7 Å². The molecule has 2 aliphatic rings. The molecule has 194 valence electrons. The van der Waals surface area contributed by atoms with Crippen LogP contribution in [0.4, 0.5) is 16.0 Å². The summed E-state index contributed by atoms with van der Waals surface area (Å²) in [5, 5.41) is 3.39. The topological polar surface area (TPSA) is 41.0 Å². The number of anilines is 2. The van der Waals surface area contributed by atoms with Crippen LogP contribution in [-0.2, 0) is 12.8 Å². The number of fused-ring (bicyclic) bond motifs is 3. The molecule has 4 nitrogen and oxygen atoms in total. The number of benzene rings is 3. The molecule has 0 radical (unpaired) electrons. The van der Waals surface area contributed by atoms with Gasteiger partial charge in [0.1, 0.15) is 5.82 Å². The minimum absolute atomic E-state index is 0.0491. The number of likely N-dealkylation sites (N-methyl/N-ethyl adjacent to an activating group) is 1. The lowest BCUT2D eigenvalue weighted by atomic mass is 9.78. The van der Waals surface area contributed by atoms with Gasteiger partial charge in [-0.3, -0.25) is 0 Å². The second-order valence-electron chi connectivity index (χ2n) is 10.8. The number of nitrogens with zero attached hydrogens (tertiary/aromatic N) is 3. The number of nitrogens with one attached hydrogen (secondary N) is 1. The average Bonchev–Trinajstić information content (AvgIpc) is 2.97. The lowest BCUT2D eigenvalue weighted by Crippen LogP contribution is -2.34. The van der Waals surface area contributed by atoms with Crippen LogP contribution in [0.5, 0.6) is 0 Å². The van der Waals surface area contributed by atoms with E-state index in [0.29, 0.717) is 12.4 Å². The zero-order chi connectivity index (χ0) is 25.9. The third-order valence-corrected chi connectivity index (χ3v) is 8.32. The summed E-state index contributed by atoms with van der Waals surface area (Å²) in [4.78, 5) is 12.1. The summed E-state index contributed by atoms with van der Waals surface area (Å²) in [7, 11) is 2.27. The van der Waals surface area contributed by atoms with Crippen LogP contribution in [0.3, 0.4) is 0 Å². The van der Waals surface area contributed by atoms with Crippen molar-refractivity contribution in [2.24, 2.45) is 0 Å². The molecule has 1 N–H and O–H groups in total. The maximum atomic E-state index is 14.7. The minimum Gasteiger partial charge on any atom is -0.324 e. The first-order chi connectivity index (χ1) is 18.7. The maximum absolute atomic E-state index is 14.7. The molecule has 0 amide bonds. The molecule has 38 heavy (non-hydrogen) atoms. The van der Waals surface area contributed by atoms with Gasteiger partial charge in [0.05, 0.1) is 5.69 Å². The molecule has 0 spiro atoms. The van der Waals surface area contributed by atoms with Crippen molar-refractivity contribution in [3.05, 3.63) is 107 Å². The van der Waals surface area contributed by atoms with E-state index in [1.54, 1.807) is 6.07 Å². The summed E-state index contributed by atoms with van der Waals surface area (Å²) < 4.78 is 14.7. The smallest absolute Gasteiger partial charge is 0.227 e. The van der Waals surface area contributed by atoms with Crippen LogP contribution in [0, 0.1) is 5.82 Å². The van der Waals surface area contributed by atoms with Crippen molar-refractivity contribution in [2.45, 2.75) is 56.9 Å². The molecule has 5 heteroatoms. The van der Waals surface area contributed by atoms with Gasteiger partial charge in [0.2, 0.25) is 5.95 Å². The predicted molar refractivity (Wildman–Crippen MR) is 152 cm³/mol. The molecule has 1 heterocycles. The van der Waals surface area contributed by atoms with Gasteiger partial charge in [-0.1, -0.05) is 73.9 Å². The second-order valence-corrected chi connectivity index (χ2v) is 10.8. The SMILES string of the molecule is CN(CCc1ccc(Nc2ncc3c(n2)-c2ccccc2[C@H](c2ccccc2F)C3)cc1)C1CCCCC1. The lowest BCUT2D eigenvalue weighted by Gasteiger charge is -2.31. The van der Waals surface area contributed by atoms with Gasteiger partial charge in [0.15, 0.2) is 0 Å². The van der Waals surface area contributed by atoms with Gasteiger partial charge in [0, 0.05) is 36.0 Å². The number of rotatable bonds is 7. The highest BCUT2D eigenvalue weighted by atomic mass is 19.1. The molecule has 0 aliphatic heterocycles. The van der Waals surface area contributed by atoms with Crippen molar-refractivity contribution in [3.63, 3.8) is 0 Å². The van der Waals surface area contributed by atoms with Gasteiger partial charge in [-0.2, -0.15) is 0 Å². The number of aromatic nitrogens is 2. The molecular weight excluding hydrogens is 471 g/mol. The first kappa shape index (κ1) is 24.7. The molecule has 1 atom stereocenters. The quantitative estimate of drug-likeness (QED) is 0.281. The predicted octanol–water partition coefficient (Wildman–Crippen LogP) is 7.52. The fraction of sp³-hybridized carbons (Fsp3) is 0.333. The van der Waals surface area contributed by atoms with Gasteiger partial charge < -0.3 is 10.2 Å². The fourth-order valence-corrected chi connectivity index (χ4v) is 6.12. The molecule has 0 unspecified atom stereocenters. The molecule has 0 saturated heterocycles.